The summed E-state index contributed by atoms with van der Waals surface area (Å²) in [5, 5.41) is 0. The molecule has 0 spiro atoms. The summed E-state index contributed by atoms with van der Waals surface area (Å²) in [6.45, 7) is 8.36. The third-order valence-corrected chi connectivity index (χ3v) is 2.77. The van der Waals surface area contributed by atoms with Crippen LogP contribution >= 0.6 is 0 Å². The number of hydrogen-bond donors (Lipinski definition) is 0. The van der Waals surface area contributed by atoms with Gasteiger partial charge in [0.1, 0.15) is 0 Å². The zero-order valence-corrected chi connectivity index (χ0v) is 9.46. The topological polar surface area (TPSA) is 9.23 Å². The highest BCUT2D eigenvalue weighted by molar-refractivity contribution is 5.11. The SMILES string of the molecule is C=C1C[C@H](CCCC)O[C@H]1C/C=C/C. The molecule has 0 bridgehead atoms. The third-order valence-electron chi connectivity index (χ3n) is 2.77. The Balaban J connectivity index is 2.31. The van der Waals surface area contributed by atoms with Crippen LogP contribution in [0.15, 0.2) is 24.3 Å². The van der Waals surface area contributed by atoms with Crippen molar-refractivity contribution in [1.29, 1.82) is 0 Å². The van der Waals surface area contributed by atoms with Crippen molar-refractivity contribution < 1.29 is 4.74 Å². The monoisotopic (exact) mass is 194 g/mol. The summed E-state index contributed by atoms with van der Waals surface area (Å²) in [7, 11) is 0. The molecular weight excluding hydrogens is 172 g/mol. The van der Waals surface area contributed by atoms with Crippen molar-refractivity contribution in [3.8, 4) is 0 Å². The van der Waals surface area contributed by atoms with Gasteiger partial charge in [0.15, 0.2) is 0 Å². The fourth-order valence-corrected chi connectivity index (χ4v) is 1.88. The van der Waals surface area contributed by atoms with E-state index < -0.39 is 0 Å². The van der Waals surface area contributed by atoms with Crippen LogP contribution in [0.5, 0.6) is 0 Å². The average Bonchev–Trinajstić information content (AvgIpc) is 2.53. The highest BCUT2D eigenvalue weighted by Crippen LogP contribution is 2.29. The molecule has 0 amide bonds. The standard InChI is InChI=1S/C13H22O/c1-4-6-8-12-10-11(3)13(14-12)9-7-5-2/h5,7,12-13H,3-4,6,8-10H2,1-2H3/b7-5+/t12-,13-/m0/s1. The van der Waals surface area contributed by atoms with Crippen LogP contribution in [0.3, 0.4) is 0 Å². The normalized spacial score (nSPS) is 27.7. The molecule has 1 nitrogen and oxygen atoms in total. The Hall–Kier alpha value is -0.560. The van der Waals surface area contributed by atoms with Gasteiger partial charge in [-0.3, -0.25) is 0 Å². The second-order valence-corrected chi connectivity index (χ2v) is 4.06. The first-order valence-corrected chi connectivity index (χ1v) is 5.72. The van der Waals surface area contributed by atoms with Crippen molar-refractivity contribution in [2.24, 2.45) is 0 Å². The van der Waals surface area contributed by atoms with Crippen LogP contribution in [0.2, 0.25) is 0 Å². The number of hydrogen-bond acceptors (Lipinski definition) is 1. The van der Waals surface area contributed by atoms with E-state index in [1.165, 1.54) is 24.8 Å². The Kier molecular flexibility index (Phi) is 4.95. The van der Waals surface area contributed by atoms with Gasteiger partial charge in [0.2, 0.25) is 0 Å². The van der Waals surface area contributed by atoms with Crippen LogP contribution in [0.1, 0.15) is 46.0 Å². The summed E-state index contributed by atoms with van der Waals surface area (Å²) in [5.74, 6) is 0. The second-order valence-electron chi connectivity index (χ2n) is 4.06. The van der Waals surface area contributed by atoms with E-state index in [0.717, 1.165) is 12.8 Å². The molecule has 80 valence electrons. The predicted molar refractivity (Wildman–Crippen MR) is 61.4 cm³/mol. The summed E-state index contributed by atoms with van der Waals surface area (Å²) in [6, 6.07) is 0. The van der Waals surface area contributed by atoms with E-state index >= 15 is 0 Å². The van der Waals surface area contributed by atoms with Crippen molar-refractivity contribution in [3.63, 3.8) is 0 Å². The molecule has 14 heavy (non-hydrogen) atoms. The third kappa shape index (κ3) is 3.30. The minimum absolute atomic E-state index is 0.285. The Bertz CT molecular complexity index is 205. The van der Waals surface area contributed by atoms with E-state index in [0.29, 0.717) is 6.10 Å². The lowest BCUT2D eigenvalue weighted by Crippen LogP contribution is -2.10. The first-order valence-electron chi connectivity index (χ1n) is 5.72. The fraction of sp³-hybridized carbons (Fsp3) is 0.692. The Morgan fingerprint density at radius 2 is 2.36 bits per heavy atom. The summed E-state index contributed by atoms with van der Waals surface area (Å²) >= 11 is 0. The van der Waals surface area contributed by atoms with Crippen LogP contribution in [-0.2, 0) is 4.74 Å². The largest absolute Gasteiger partial charge is 0.370 e. The second kappa shape index (κ2) is 6.02. The molecule has 1 aliphatic heterocycles. The lowest BCUT2D eigenvalue weighted by molar-refractivity contribution is 0.0479. The number of rotatable bonds is 5. The molecule has 1 rings (SSSR count). The molecule has 0 radical (unpaired) electrons. The highest BCUT2D eigenvalue weighted by atomic mass is 16.5. The van der Waals surface area contributed by atoms with Crippen molar-refractivity contribution in [3.05, 3.63) is 24.3 Å². The van der Waals surface area contributed by atoms with Gasteiger partial charge in [-0.1, -0.05) is 38.5 Å². The molecule has 0 saturated carbocycles. The van der Waals surface area contributed by atoms with Gasteiger partial charge < -0.3 is 4.74 Å². The van der Waals surface area contributed by atoms with Crippen LogP contribution in [0.25, 0.3) is 0 Å². The van der Waals surface area contributed by atoms with E-state index in [9.17, 15) is 0 Å². The average molecular weight is 194 g/mol. The lowest BCUT2D eigenvalue weighted by Gasteiger charge is -2.11. The number of unbranched alkanes of at least 4 members (excludes halogenated alkanes) is 1. The van der Waals surface area contributed by atoms with Gasteiger partial charge >= 0.3 is 0 Å². The molecule has 0 N–H and O–H groups in total. The minimum Gasteiger partial charge on any atom is -0.370 e. The maximum atomic E-state index is 5.93. The molecule has 2 atom stereocenters. The van der Waals surface area contributed by atoms with Gasteiger partial charge in [0, 0.05) is 0 Å². The molecule has 0 aromatic carbocycles. The Morgan fingerprint density at radius 3 is 3.00 bits per heavy atom. The zero-order valence-electron chi connectivity index (χ0n) is 9.46. The van der Waals surface area contributed by atoms with Gasteiger partial charge in [-0.05, 0) is 31.8 Å². The van der Waals surface area contributed by atoms with Crippen LogP contribution in [-0.4, -0.2) is 12.2 Å². The quantitative estimate of drug-likeness (QED) is 0.604. The maximum Gasteiger partial charge on any atom is 0.0821 e. The van der Waals surface area contributed by atoms with Crippen LogP contribution in [0.4, 0.5) is 0 Å². The van der Waals surface area contributed by atoms with Gasteiger partial charge in [-0.2, -0.15) is 0 Å². The predicted octanol–water partition coefficient (Wildman–Crippen LogP) is 3.86. The van der Waals surface area contributed by atoms with E-state index in [-0.39, 0.29) is 6.10 Å². The first-order chi connectivity index (χ1) is 6.77. The van der Waals surface area contributed by atoms with Gasteiger partial charge in [0.05, 0.1) is 12.2 Å². The maximum absolute atomic E-state index is 5.93. The molecule has 1 heterocycles. The summed E-state index contributed by atoms with van der Waals surface area (Å²) in [6.07, 6.45) is 10.8. The van der Waals surface area contributed by atoms with Gasteiger partial charge in [-0.15, -0.1) is 0 Å². The van der Waals surface area contributed by atoms with Gasteiger partial charge in [0.25, 0.3) is 0 Å². The van der Waals surface area contributed by atoms with E-state index in [1.807, 2.05) is 6.92 Å². The van der Waals surface area contributed by atoms with Crippen molar-refractivity contribution >= 4 is 0 Å². The van der Waals surface area contributed by atoms with Crippen molar-refractivity contribution in [2.75, 3.05) is 0 Å². The van der Waals surface area contributed by atoms with E-state index in [2.05, 4.69) is 25.7 Å². The summed E-state index contributed by atoms with van der Waals surface area (Å²) in [4.78, 5) is 0. The molecule has 1 saturated heterocycles. The molecule has 1 fully saturated rings. The van der Waals surface area contributed by atoms with Crippen LogP contribution < -0.4 is 0 Å². The molecule has 0 aromatic heterocycles. The Labute approximate surface area is 87.8 Å². The fourth-order valence-electron chi connectivity index (χ4n) is 1.88. The molecule has 0 unspecified atom stereocenters. The van der Waals surface area contributed by atoms with E-state index in [1.54, 1.807) is 0 Å². The lowest BCUT2D eigenvalue weighted by atomic mass is 10.0. The highest BCUT2D eigenvalue weighted by Gasteiger charge is 2.26. The molecule has 1 aliphatic rings. The summed E-state index contributed by atoms with van der Waals surface area (Å²) < 4.78 is 5.93. The Morgan fingerprint density at radius 1 is 1.57 bits per heavy atom. The zero-order chi connectivity index (χ0) is 10.4. The van der Waals surface area contributed by atoms with E-state index in [4.69, 9.17) is 4.74 Å². The number of ether oxygens (including phenoxy) is 1. The number of allylic oxidation sites excluding steroid dienone is 1. The first kappa shape index (κ1) is 11.5. The minimum atomic E-state index is 0.285. The molecule has 0 aliphatic carbocycles. The van der Waals surface area contributed by atoms with Crippen molar-refractivity contribution in [2.45, 2.75) is 58.2 Å². The molecule has 1 heteroatoms. The smallest absolute Gasteiger partial charge is 0.0821 e. The van der Waals surface area contributed by atoms with Crippen LogP contribution in [0, 0.1) is 0 Å². The van der Waals surface area contributed by atoms with Crippen molar-refractivity contribution in [1.82, 2.24) is 0 Å². The summed E-state index contributed by atoms with van der Waals surface area (Å²) in [5.41, 5.74) is 1.28. The molecular formula is C13H22O. The molecule has 0 aromatic rings. The van der Waals surface area contributed by atoms with Gasteiger partial charge in [-0.25, -0.2) is 0 Å².